The van der Waals surface area contributed by atoms with Crippen LogP contribution in [-0.4, -0.2) is 41.0 Å². The third kappa shape index (κ3) is 6.00. The van der Waals surface area contributed by atoms with Gasteiger partial charge in [0.1, 0.15) is 5.75 Å². The predicted molar refractivity (Wildman–Crippen MR) is 156 cm³/mol. The molecule has 4 aromatic rings. The van der Waals surface area contributed by atoms with Crippen molar-refractivity contribution in [1.82, 2.24) is 15.0 Å². The lowest BCUT2D eigenvalue weighted by atomic mass is 10.0. The highest BCUT2D eigenvalue weighted by atomic mass is 16.5. The van der Waals surface area contributed by atoms with Crippen LogP contribution in [0, 0.1) is 6.92 Å². The van der Waals surface area contributed by atoms with Crippen molar-refractivity contribution in [2.75, 3.05) is 35.7 Å². The highest BCUT2D eigenvalue weighted by Crippen LogP contribution is 2.36. The van der Waals surface area contributed by atoms with Gasteiger partial charge in [0.05, 0.1) is 23.1 Å². The van der Waals surface area contributed by atoms with E-state index in [0.717, 1.165) is 35.6 Å². The molecule has 0 spiro atoms. The van der Waals surface area contributed by atoms with Gasteiger partial charge in [-0.05, 0) is 73.2 Å². The molecule has 0 saturated carbocycles. The molecule has 2 aromatic heterocycles. The Morgan fingerprint density at radius 3 is 2.62 bits per heavy atom. The molecule has 0 radical (unpaired) electrons. The molecule has 0 unspecified atom stereocenters. The number of amides is 1. The molecule has 0 bridgehead atoms. The molecule has 2 N–H and O–H groups in total. The number of anilines is 3. The van der Waals surface area contributed by atoms with Gasteiger partial charge in [0.15, 0.2) is 0 Å². The van der Waals surface area contributed by atoms with Crippen molar-refractivity contribution in [3.63, 3.8) is 0 Å². The lowest BCUT2D eigenvalue weighted by Gasteiger charge is -2.20. The third-order valence-corrected chi connectivity index (χ3v) is 6.93. The number of benzene rings is 2. The molecule has 1 saturated heterocycles. The smallest absolute Gasteiger partial charge is 0.255 e. The summed E-state index contributed by atoms with van der Waals surface area (Å²) in [5.41, 5.74) is 5.83. The number of ether oxygens (including phenoxy) is 1. The van der Waals surface area contributed by atoms with E-state index in [-0.39, 0.29) is 5.91 Å². The minimum Gasteiger partial charge on any atom is -0.438 e. The molecule has 1 aliphatic rings. The van der Waals surface area contributed by atoms with Crippen molar-refractivity contribution in [3.8, 4) is 22.9 Å². The van der Waals surface area contributed by atoms with Crippen LogP contribution in [-0.2, 0) is 0 Å². The highest BCUT2D eigenvalue weighted by Gasteiger charge is 2.19. The topological polar surface area (TPSA) is 92.3 Å². The molecular weight excluding hydrogens is 488 g/mol. The van der Waals surface area contributed by atoms with Crippen LogP contribution < -0.4 is 20.3 Å². The first-order chi connectivity index (χ1) is 18.9. The summed E-state index contributed by atoms with van der Waals surface area (Å²) < 4.78 is 6.39. The van der Waals surface area contributed by atoms with Crippen LogP contribution in [0.2, 0.25) is 0 Å². The number of hydrogen-bond acceptors (Lipinski definition) is 7. The van der Waals surface area contributed by atoms with Crippen molar-refractivity contribution < 1.29 is 9.53 Å². The van der Waals surface area contributed by atoms with Gasteiger partial charge in [-0.2, -0.15) is 0 Å². The number of aryl methyl sites for hydroxylation is 1. The van der Waals surface area contributed by atoms with Crippen LogP contribution in [0.4, 0.5) is 17.3 Å². The van der Waals surface area contributed by atoms with Gasteiger partial charge < -0.3 is 20.3 Å². The second kappa shape index (κ2) is 11.5. The van der Waals surface area contributed by atoms with Crippen LogP contribution in [0.25, 0.3) is 11.3 Å². The van der Waals surface area contributed by atoms with Crippen molar-refractivity contribution in [3.05, 3.63) is 83.7 Å². The standard InChI is InChI=1S/C31H34N6O2/c1-20(2)22-8-7-9-24(16-22)35-29(38)23-11-10-21(3)28(17-23)39-30-26(27-12-13-33-31(32-4)36-27)18-25(19-34-30)37-14-5-6-15-37/h7-13,16-20H,5-6,14-15H2,1-4H3,(H,35,38)(H,32,33,36). The van der Waals surface area contributed by atoms with E-state index in [1.165, 1.54) is 18.4 Å². The molecule has 0 aliphatic carbocycles. The summed E-state index contributed by atoms with van der Waals surface area (Å²) >= 11 is 0. The fourth-order valence-electron chi connectivity index (χ4n) is 4.62. The Bertz CT molecular complexity index is 1480. The Kier molecular flexibility index (Phi) is 7.72. The molecule has 200 valence electrons. The first-order valence-corrected chi connectivity index (χ1v) is 13.4. The molecule has 1 aliphatic heterocycles. The fraction of sp³-hybridized carbons (Fsp3) is 0.290. The Morgan fingerprint density at radius 2 is 1.85 bits per heavy atom. The fourth-order valence-corrected chi connectivity index (χ4v) is 4.62. The van der Waals surface area contributed by atoms with Crippen LogP contribution >= 0.6 is 0 Å². The van der Waals surface area contributed by atoms with Crippen LogP contribution in [0.5, 0.6) is 11.6 Å². The summed E-state index contributed by atoms with van der Waals surface area (Å²) in [5, 5.41) is 6.01. The van der Waals surface area contributed by atoms with E-state index in [1.54, 1.807) is 25.4 Å². The zero-order valence-electron chi connectivity index (χ0n) is 22.9. The van der Waals surface area contributed by atoms with Crippen LogP contribution in [0.3, 0.4) is 0 Å². The van der Waals surface area contributed by atoms with E-state index in [0.29, 0.717) is 34.8 Å². The largest absolute Gasteiger partial charge is 0.438 e. The quantitative estimate of drug-likeness (QED) is 0.267. The summed E-state index contributed by atoms with van der Waals surface area (Å²) in [6.07, 6.45) is 5.89. The van der Waals surface area contributed by atoms with E-state index >= 15 is 0 Å². The number of nitrogens with zero attached hydrogens (tertiary/aromatic N) is 4. The molecule has 5 rings (SSSR count). The predicted octanol–water partition coefficient (Wildman–Crippen LogP) is 6.66. The van der Waals surface area contributed by atoms with Crippen molar-refractivity contribution >= 4 is 23.2 Å². The van der Waals surface area contributed by atoms with E-state index in [4.69, 9.17) is 9.72 Å². The monoisotopic (exact) mass is 522 g/mol. The summed E-state index contributed by atoms with van der Waals surface area (Å²) in [7, 11) is 1.79. The maximum atomic E-state index is 13.2. The minimum atomic E-state index is -0.201. The number of hydrogen-bond donors (Lipinski definition) is 2. The zero-order valence-corrected chi connectivity index (χ0v) is 22.9. The van der Waals surface area contributed by atoms with Crippen LogP contribution in [0.1, 0.15) is 54.1 Å². The molecule has 1 fully saturated rings. The zero-order chi connectivity index (χ0) is 27.4. The maximum absolute atomic E-state index is 13.2. The van der Waals surface area contributed by atoms with Gasteiger partial charge in [0, 0.05) is 37.6 Å². The Hall–Kier alpha value is -4.46. The second-order valence-corrected chi connectivity index (χ2v) is 10.1. The number of carbonyl (C=O) groups is 1. The lowest BCUT2D eigenvalue weighted by Crippen LogP contribution is -2.18. The molecule has 8 heteroatoms. The molecule has 39 heavy (non-hydrogen) atoms. The summed E-state index contributed by atoms with van der Waals surface area (Å²) in [4.78, 5) is 29.1. The van der Waals surface area contributed by atoms with Crippen molar-refractivity contribution in [2.45, 2.75) is 39.5 Å². The summed E-state index contributed by atoms with van der Waals surface area (Å²) in [6, 6.07) is 17.3. The van der Waals surface area contributed by atoms with E-state index in [1.807, 2.05) is 43.5 Å². The molecule has 3 heterocycles. The van der Waals surface area contributed by atoms with Crippen LogP contribution in [0.15, 0.2) is 67.0 Å². The third-order valence-electron chi connectivity index (χ3n) is 6.93. The Balaban J connectivity index is 1.46. The second-order valence-electron chi connectivity index (χ2n) is 10.1. The maximum Gasteiger partial charge on any atom is 0.255 e. The van der Waals surface area contributed by atoms with Gasteiger partial charge in [-0.25, -0.2) is 15.0 Å². The highest BCUT2D eigenvalue weighted by molar-refractivity contribution is 6.04. The van der Waals surface area contributed by atoms with E-state index < -0.39 is 0 Å². The summed E-state index contributed by atoms with van der Waals surface area (Å²) in [5.74, 6) is 1.67. The molecule has 2 aromatic carbocycles. The van der Waals surface area contributed by atoms with Gasteiger partial charge in [-0.15, -0.1) is 0 Å². The van der Waals surface area contributed by atoms with Crippen molar-refractivity contribution in [1.29, 1.82) is 0 Å². The average molecular weight is 523 g/mol. The minimum absolute atomic E-state index is 0.201. The number of pyridine rings is 1. The average Bonchev–Trinajstić information content (AvgIpc) is 3.50. The first kappa shape index (κ1) is 26.2. The van der Waals surface area contributed by atoms with Gasteiger partial charge >= 0.3 is 0 Å². The first-order valence-electron chi connectivity index (χ1n) is 13.4. The van der Waals surface area contributed by atoms with Gasteiger partial charge in [0.25, 0.3) is 5.91 Å². The SMILES string of the molecule is CNc1nccc(-c2cc(N3CCCC3)cnc2Oc2cc(C(=O)Nc3cccc(C(C)C)c3)ccc2C)n1. The number of carbonyl (C=O) groups excluding carboxylic acids is 1. The van der Waals surface area contributed by atoms with Gasteiger partial charge in [-0.1, -0.05) is 32.0 Å². The normalized spacial score (nSPS) is 13.0. The van der Waals surface area contributed by atoms with E-state index in [9.17, 15) is 4.79 Å². The van der Waals surface area contributed by atoms with Gasteiger partial charge in [-0.3, -0.25) is 4.79 Å². The van der Waals surface area contributed by atoms with Crippen molar-refractivity contribution in [2.24, 2.45) is 0 Å². The number of nitrogens with one attached hydrogen (secondary N) is 2. The molecule has 0 atom stereocenters. The Morgan fingerprint density at radius 1 is 1.03 bits per heavy atom. The van der Waals surface area contributed by atoms with Gasteiger partial charge in [0.2, 0.25) is 11.8 Å². The summed E-state index contributed by atoms with van der Waals surface area (Å²) in [6.45, 7) is 8.22. The number of rotatable bonds is 8. The number of aromatic nitrogens is 3. The molecule has 1 amide bonds. The molecular formula is C31H34N6O2. The molecule has 8 nitrogen and oxygen atoms in total. The lowest BCUT2D eigenvalue weighted by molar-refractivity contribution is 0.102. The Labute approximate surface area is 229 Å². The van der Waals surface area contributed by atoms with E-state index in [2.05, 4.69) is 51.5 Å².